The molecule has 0 unspecified atom stereocenters. The third-order valence-electron chi connectivity index (χ3n) is 11.5. The predicted octanol–water partition coefficient (Wildman–Crippen LogP) is 3.61. The van der Waals surface area contributed by atoms with Crippen molar-refractivity contribution < 1.29 is 19.6 Å². The highest BCUT2D eigenvalue weighted by molar-refractivity contribution is 5.95. The van der Waals surface area contributed by atoms with Gasteiger partial charge in [-0.05, 0) is 77.1 Å². The first-order valence-corrected chi connectivity index (χ1v) is 18.5. The van der Waals surface area contributed by atoms with Gasteiger partial charge < -0.3 is 30.7 Å². The molecule has 278 valence electrons. The van der Waals surface area contributed by atoms with Crippen molar-refractivity contribution in [2.24, 2.45) is 0 Å². The maximum Gasteiger partial charge on any atom is 0.243 e. The molecular weight excluding hydrogens is 672 g/mol. The van der Waals surface area contributed by atoms with Crippen LogP contribution in [0.4, 0.5) is 0 Å². The SMILES string of the molecule is C[C@@H](NC(=O)[C@@H]1Cc2c([nH]c3ccccc23)CN1C(=O)[C@@H]1Cc2c([nH]c3ccccc23)CN1)C(=O)NCc1cn(C2CC(C)(C)N(O)C(C)(C)C2)nn1. The summed E-state index contributed by atoms with van der Waals surface area (Å²) in [6.45, 7) is 10.6. The number of aromatic amines is 2. The molecule has 3 aliphatic heterocycles. The van der Waals surface area contributed by atoms with Crippen LogP contribution >= 0.6 is 0 Å². The Kier molecular flexibility index (Phi) is 8.66. The van der Waals surface area contributed by atoms with Crippen LogP contribution in [-0.2, 0) is 46.9 Å². The number of piperidine rings is 1. The molecule has 5 aromatic rings. The van der Waals surface area contributed by atoms with E-state index < -0.39 is 29.2 Å². The predicted molar refractivity (Wildman–Crippen MR) is 198 cm³/mol. The van der Waals surface area contributed by atoms with E-state index in [9.17, 15) is 19.6 Å². The maximum atomic E-state index is 14.4. The molecule has 6 heterocycles. The lowest BCUT2D eigenvalue weighted by Gasteiger charge is -2.51. The van der Waals surface area contributed by atoms with Gasteiger partial charge in [-0.2, -0.15) is 5.06 Å². The van der Waals surface area contributed by atoms with E-state index in [4.69, 9.17) is 0 Å². The number of hydrogen-bond donors (Lipinski definition) is 6. The number of rotatable bonds is 7. The zero-order valence-corrected chi connectivity index (χ0v) is 30.9. The minimum Gasteiger partial charge on any atom is -0.357 e. The molecule has 0 radical (unpaired) electrons. The summed E-state index contributed by atoms with van der Waals surface area (Å²) in [5, 5.41) is 32.1. The first-order chi connectivity index (χ1) is 25.3. The molecule has 0 aliphatic carbocycles. The van der Waals surface area contributed by atoms with Crippen molar-refractivity contribution in [1.29, 1.82) is 0 Å². The lowest BCUT2D eigenvalue weighted by molar-refractivity contribution is -0.249. The second kappa shape index (κ2) is 13.1. The summed E-state index contributed by atoms with van der Waals surface area (Å²) < 4.78 is 1.82. The number of para-hydroxylation sites is 2. The molecule has 53 heavy (non-hydrogen) atoms. The Morgan fingerprint density at radius 2 is 1.55 bits per heavy atom. The smallest absolute Gasteiger partial charge is 0.243 e. The lowest BCUT2D eigenvalue weighted by atomic mass is 9.79. The molecule has 1 fully saturated rings. The summed E-state index contributed by atoms with van der Waals surface area (Å²) in [4.78, 5) is 50.5. The summed E-state index contributed by atoms with van der Waals surface area (Å²) in [6.07, 6.45) is 4.03. The van der Waals surface area contributed by atoms with Gasteiger partial charge in [-0.3, -0.25) is 19.7 Å². The Hall–Kier alpha value is -5.05. The molecule has 0 saturated carbocycles. The number of nitrogens with one attached hydrogen (secondary N) is 5. The van der Waals surface area contributed by atoms with Crippen LogP contribution in [0, 0.1) is 0 Å². The van der Waals surface area contributed by atoms with Crippen LogP contribution in [0.5, 0.6) is 0 Å². The van der Waals surface area contributed by atoms with E-state index in [2.05, 4.69) is 42.3 Å². The molecule has 14 nitrogen and oxygen atoms in total. The lowest BCUT2D eigenvalue weighted by Crippen LogP contribution is -2.59. The number of fused-ring (bicyclic) bond motifs is 6. The third kappa shape index (κ3) is 6.38. The average molecular weight is 721 g/mol. The second-order valence-corrected chi connectivity index (χ2v) is 16.2. The van der Waals surface area contributed by atoms with E-state index in [1.165, 1.54) is 5.06 Å². The van der Waals surface area contributed by atoms with Crippen molar-refractivity contribution in [3.8, 4) is 0 Å². The minimum absolute atomic E-state index is 0.0330. The van der Waals surface area contributed by atoms with E-state index in [1.54, 1.807) is 11.8 Å². The van der Waals surface area contributed by atoms with Crippen LogP contribution in [-0.4, -0.2) is 87.1 Å². The normalized spacial score (nSPS) is 22.0. The topological polar surface area (TPSA) is 176 Å². The fraction of sp³-hybridized carbons (Fsp3) is 0.462. The quantitative estimate of drug-likeness (QED) is 0.148. The van der Waals surface area contributed by atoms with Gasteiger partial charge in [-0.25, -0.2) is 4.68 Å². The fourth-order valence-electron chi connectivity index (χ4n) is 8.87. The number of carbonyl (C=O) groups excluding carboxylic acids is 3. The van der Waals surface area contributed by atoms with Crippen molar-refractivity contribution in [1.82, 2.24) is 50.9 Å². The monoisotopic (exact) mass is 720 g/mol. The first kappa shape index (κ1) is 35.0. The first-order valence-electron chi connectivity index (χ1n) is 18.5. The summed E-state index contributed by atoms with van der Waals surface area (Å²) >= 11 is 0. The molecular formula is C39H48N10O4. The molecule has 6 N–H and O–H groups in total. The maximum absolute atomic E-state index is 14.4. The highest BCUT2D eigenvalue weighted by Gasteiger charge is 2.46. The zero-order chi connectivity index (χ0) is 37.2. The molecule has 3 amide bonds. The van der Waals surface area contributed by atoms with Crippen molar-refractivity contribution >= 4 is 39.5 Å². The van der Waals surface area contributed by atoms with Gasteiger partial charge in [0, 0.05) is 57.2 Å². The minimum atomic E-state index is -0.865. The average Bonchev–Trinajstić information content (AvgIpc) is 3.86. The van der Waals surface area contributed by atoms with Gasteiger partial charge in [-0.15, -0.1) is 5.10 Å². The molecule has 2 aromatic carbocycles. The standard InChI is InChI=1S/C39H48N10O4/c1-22(35(50)41-18-23-20-48(46-45-23)24-16-38(2,3)49(53)39(4,5)17-24)42-36(51)34-15-28-26-11-7-9-13-30(26)44-33(28)21-47(34)37(52)31-14-27-25-10-6-8-12-29(25)43-32(27)19-40-31/h6-13,20,22,24,31,34,40,43-44,53H,14-19,21H2,1-5H3,(H,41,50)(H,42,51)/t22-,31+,34+/m1/s1. The molecule has 3 aromatic heterocycles. The van der Waals surface area contributed by atoms with Crippen molar-refractivity contribution in [2.75, 3.05) is 0 Å². The number of amides is 3. The highest BCUT2D eigenvalue weighted by Crippen LogP contribution is 2.42. The van der Waals surface area contributed by atoms with E-state index >= 15 is 0 Å². The summed E-state index contributed by atoms with van der Waals surface area (Å²) in [5.41, 5.74) is 5.83. The second-order valence-electron chi connectivity index (χ2n) is 16.2. The van der Waals surface area contributed by atoms with Gasteiger partial charge in [0.1, 0.15) is 17.8 Å². The van der Waals surface area contributed by atoms with Crippen molar-refractivity contribution in [3.63, 3.8) is 0 Å². The largest absolute Gasteiger partial charge is 0.357 e. The van der Waals surface area contributed by atoms with Crippen LogP contribution in [0.2, 0.25) is 0 Å². The summed E-state index contributed by atoms with van der Waals surface area (Å²) in [7, 11) is 0. The Bertz CT molecular complexity index is 2200. The number of aromatic nitrogens is 5. The molecule has 8 rings (SSSR count). The van der Waals surface area contributed by atoms with E-state index in [-0.39, 0.29) is 36.9 Å². The number of carbonyl (C=O) groups is 3. The van der Waals surface area contributed by atoms with E-state index in [1.807, 2.05) is 81.0 Å². The zero-order valence-electron chi connectivity index (χ0n) is 30.9. The molecule has 0 bridgehead atoms. The molecule has 14 heteroatoms. The Labute approximate surface area is 307 Å². The van der Waals surface area contributed by atoms with Gasteiger partial charge >= 0.3 is 0 Å². The van der Waals surface area contributed by atoms with Crippen LogP contribution in [0.3, 0.4) is 0 Å². The van der Waals surface area contributed by atoms with Crippen LogP contribution < -0.4 is 16.0 Å². The van der Waals surface area contributed by atoms with E-state index in [0.717, 1.165) is 44.3 Å². The number of benzene rings is 2. The third-order valence-corrected chi connectivity index (χ3v) is 11.5. The van der Waals surface area contributed by atoms with Crippen LogP contribution in [0.1, 0.15) is 81.7 Å². The van der Waals surface area contributed by atoms with Crippen LogP contribution in [0.15, 0.2) is 54.7 Å². The Morgan fingerprint density at radius 1 is 0.925 bits per heavy atom. The Balaban J connectivity index is 0.958. The van der Waals surface area contributed by atoms with Crippen molar-refractivity contribution in [3.05, 3.63) is 82.9 Å². The number of hydroxylamine groups is 2. The van der Waals surface area contributed by atoms with Gasteiger partial charge in [-0.1, -0.05) is 41.6 Å². The Morgan fingerprint density at radius 3 is 2.23 bits per heavy atom. The van der Waals surface area contributed by atoms with Crippen LogP contribution in [0.25, 0.3) is 21.8 Å². The number of nitrogens with zero attached hydrogens (tertiary/aromatic N) is 5. The molecule has 0 spiro atoms. The molecule has 3 atom stereocenters. The molecule has 3 aliphatic rings. The summed E-state index contributed by atoms with van der Waals surface area (Å²) in [6, 6.07) is 13.9. The number of hydrogen-bond acceptors (Lipinski definition) is 8. The van der Waals surface area contributed by atoms with Gasteiger partial charge in [0.15, 0.2) is 0 Å². The summed E-state index contributed by atoms with van der Waals surface area (Å²) in [5.74, 6) is -0.903. The van der Waals surface area contributed by atoms with Gasteiger partial charge in [0.2, 0.25) is 17.7 Å². The van der Waals surface area contributed by atoms with E-state index in [0.29, 0.717) is 37.9 Å². The van der Waals surface area contributed by atoms with Crippen molar-refractivity contribution in [2.45, 2.75) is 115 Å². The highest BCUT2D eigenvalue weighted by atomic mass is 16.5. The molecule has 1 saturated heterocycles. The fourth-order valence-corrected chi connectivity index (χ4v) is 8.87. The van der Waals surface area contributed by atoms with Gasteiger partial charge in [0.05, 0.1) is 31.4 Å². The number of H-pyrrole nitrogens is 2. The van der Waals surface area contributed by atoms with Gasteiger partial charge in [0.25, 0.3) is 0 Å².